The molecule has 0 atom stereocenters. The lowest BCUT2D eigenvalue weighted by molar-refractivity contribution is 0.0948. The molecule has 1 heterocycles. The van der Waals surface area contributed by atoms with Crippen molar-refractivity contribution in [3.8, 4) is 0 Å². The molecule has 1 amide bonds. The Morgan fingerprint density at radius 2 is 1.78 bits per heavy atom. The van der Waals surface area contributed by atoms with Crippen LogP contribution in [0.15, 0.2) is 36.7 Å². The highest BCUT2D eigenvalue weighted by molar-refractivity contribution is 5.92. The summed E-state index contributed by atoms with van der Waals surface area (Å²) in [6.07, 6.45) is 3.94. The molecule has 2 N–H and O–H groups in total. The van der Waals surface area contributed by atoms with Gasteiger partial charge in [-0.2, -0.15) is 0 Å². The average Bonchev–Trinajstić information content (AvgIpc) is 2.53. The van der Waals surface area contributed by atoms with Gasteiger partial charge >= 0.3 is 0 Å². The molecule has 0 bridgehead atoms. The van der Waals surface area contributed by atoms with Crippen molar-refractivity contribution in [2.75, 3.05) is 11.9 Å². The summed E-state index contributed by atoms with van der Waals surface area (Å²) in [5, 5.41) is 5.96. The molecule has 0 unspecified atom stereocenters. The van der Waals surface area contributed by atoms with E-state index >= 15 is 0 Å². The van der Waals surface area contributed by atoms with Crippen LogP contribution in [0.25, 0.3) is 0 Å². The zero-order valence-electron chi connectivity index (χ0n) is 14.2. The van der Waals surface area contributed by atoms with E-state index in [1.165, 1.54) is 11.8 Å². The Bertz CT molecular complexity index is 642. The third-order valence-corrected chi connectivity index (χ3v) is 3.44. The molecule has 0 saturated carbocycles. The topological polar surface area (TPSA) is 66.9 Å². The second kappa shape index (κ2) is 7.22. The minimum absolute atomic E-state index is 0.131. The Kier molecular flexibility index (Phi) is 5.32. The lowest BCUT2D eigenvalue weighted by Crippen LogP contribution is -2.25. The molecule has 1 aromatic carbocycles. The van der Waals surface area contributed by atoms with Gasteiger partial charge in [0.1, 0.15) is 11.5 Å². The molecular weight excluding hydrogens is 288 g/mol. The molecule has 122 valence electrons. The summed E-state index contributed by atoms with van der Waals surface area (Å²) >= 11 is 0. The van der Waals surface area contributed by atoms with Gasteiger partial charge in [0.05, 0.1) is 12.4 Å². The first kappa shape index (κ1) is 16.9. The van der Waals surface area contributed by atoms with Crippen molar-refractivity contribution in [2.24, 2.45) is 0 Å². The van der Waals surface area contributed by atoms with Gasteiger partial charge in [0.25, 0.3) is 5.91 Å². The minimum Gasteiger partial charge on any atom is -0.351 e. The largest absolute Gasteiger partial charge is 0.351 e. The summed E-state index contributed by atoms with van der Waals surface area (Å²) in [5.41, 5.74) is 2.67. The third kappa shape index (κ3) is 4.77. The SMILES string of the molecule is CCCNC(=O)c1cnc(Nc2ccc(C(C)(C)C)cc2)cn1. The molecule has 23 heavy (non-hydrogen) atoms. The maximum absolute atomic E-state index is 11.8. The molecule has 0 aliphatic carbocycles. The zero-order valence-corrected chi connectivity index (χ0v) is 14.2. The van der Waals surface area contributed by atoms with Crippen LogP contribution in [0.1, 0.15) is 50.2 Å². The van der Waals surface area contributed by atoms with Crippen LogP contribution >= 0.6 is 0 Å². The minimum atomic E-state index is -0.194. The summed E-state index contributed by atoms with van der Waals surface area (Å²) < 4.78 is 0. The molecule has 2 rings (SSSR count). The quantitative estimate of drug-likeness (QED) is 0.884. The van der Waals surface area contributed by atoms with Crippen LogP contribution < -0.4 is 10.6 Å². The number of amides is 1. The number of nitrogens with zero attached hydrogens (tertiary/aromatic N) is 2. The first-order valence-corrected chi connectivity index (χ1v) is 7.88. The second-order valence-electron chi connectivity index (χ2n) is 6.50. The van der Waals surface area contributed by atoms with Crippen molar-refractivity contribution in [1.82, 2.24) is 15.3 Å². The number of anilines is 2. The Morgan fingerprint density at radius 1 is 1.09 bits per heavy atom. The van der Waals surface area contributed by atoms with Gasteiger partial charge in [0.15, 0.2) is 0 Å². The van der Waals surface area contributed by atoms with Gasteiger partial charge in [-0.25, -0.2) is 9.97 Å². The average molecular weight is 312 g/mol. The van der Waals surface area contributed by atoms with Gasteiger partial charge in [0.2, 0.25) is 0 Å². The van der Waals surface area contributed by atoms with Crippen molar-refractivity contribution in [1.29, 1.82) is 0 Å². The molecule has 0 spiro atoms. The van der Waals surface area contributed by atoms with Crippen LogP contribution in [0.4, 0.5) is 11.5 Å². The van der Waals surface area contributed by atoms with E-state index in [1.807, 2.05) is 19.1 Å². The molecule has 0 aliphatic heterocycles. The fourth-order valence-corrected chi connectivity index (χ4v) is 2.04. The molecule has 0 saturated heterocycles. The number of rotatable bonds is 5. The summed E-state index contributed by atoms with van der Waals surface area (Å²) in [4.78, 5) is 20.2. The van der Waals surface area contributed by atoms with E-state index in [2.05, 4.69) is 53.5 Å². The van der Waals surface area contributed by atoms with Gasteiger partial charge in [-0.15, -0.1) is 0 Å². The smallest absolute Gasteiger partial charge is 0.271 e. The first-order chi connectivity index (χ1) is 10.9. The van der Waals surface area contributed by atoms with Crippen LogP contribution in [-0.2, 0) is 5.41 Å². The zero-order chi connectivity index (χ0) is 16.9. The fourth-order valence-electron chi connectivity index (χ4n) is 2.04. The van der Waals surface area contributed by atoms with E-state index < -0.39 is 0 Å². The van der Waals surface area contributed by atoms with Crippen LogP contribution in [0.3, 0.4) is 0 Å². The van der Waals surface area contributed by atoms with Gasteiger partial charge in [0, 0.05) is 12.2 Å². The van der Waals surface area contributed by atoms with Gasteiger partial charge < -0.3 is 10.6 Å². The summed E-state index contributed by atoms with van der Waals surface area (Å²) in [6.45, 7) is 9.19. The first-order valence-electron chi connectivity index (χ1n) is 7.88. The van der Waals surface area contributed by atoms with E-state index in [4.69, 9.17) is 0 Å². The van der Waals surface area contributed by atoms with Crippen LogP contribution in [-0.4, -0.2) is 22.4 Å². The monoisotopic (exact) mass is 312 g/mol. The number of carbonyl (C=O) groups is 1. The van der Waals surface area contributed by atoms with Crippen molar-refractivity contribution in [3.05, 3.63) is 47.9 Å². The summed E-state index contributed by atoms with van der Waals surface area (Å²) in [7, 11) is 0. The Balaban J connectivity index is 2.02. The van der Waals surface area contributed by atoms with Crippen LogP contribution in [0, 0.1) is 0 Å². The molecule has 0 radical (unpaired) electrons. The third-order valence-electron chi connectivity index (χ3n) is 3.44. The van der Waals surface area contributed by atoms with Gasteiger partial charge in [-0.3, -0.25) is 4.79 Å². The number of hydrogen-bond donors (Lipinski definition) is 2. The van der Waals surface area contributed by atoms with E-state index in [0.29, 0.717) is 18.1 Å². The molecule has 1 aromatic heterocycles. The predicted octanol–water partition coefficient (Wildman–Crippen LogP) is 3.66. The van der Waals surface area contributed by atoms with Crippen molar-refractivity contribution < 1.29 is 4.79 Å². The molecule has 5 nitrogen and oxygen atoms in total. The standard InChI is InChI=1S/C18H24N4O/c1-5-10-19-17(23)15-11-21-16(12-20-15)22-14-8-6-13(7-9-14)18(2,3)4/h6-9,11-12H,5,10H2,1-4H3,(H,19,23)(H,21,22). The molecule has 2 aromatic rings. The van der Waals surface area contributed by atoms with Crippen molar-refractivity contribution in [2.45, 2.75) is 39.5 Å². The van der Waals surface area contributed by atoms with E-state index in [1.54, 1.807) is 6.20 Å². The van der Waals surface area contributed by atoms with Crippen LogP contribution in [0.5, 0.6) is 0 Å². The van der Waals surface area contributed by atoms with Crippen LogP contribution in [0.2, 0.25) is 0 Å². The highest BCUT2D eigenvalue weighted by Crippen LogP contribution is 2.24. The predicted molar refractivity (Wildman–Crippen MR) is 93.1 cm³/mol. The number of nitrogens with one attached hydrogen (secondary N) is 2. The molecule has 0 aliphatic rings. The van der Waals surface area contributed by atoms with Crippen molar-refractivity contribution >= 4 is 17.4 Å². The van der Waals surface area contributed by atoms with Gasteiger partial charge in [-0.1, -0.05) is 39.8 Å². The maximum Gasteiger partial charge on any atom is 0.271 e. The highest BCUT2D eigenvalue weighted by atomic mass is 16.1. The van der Waals surface area contributed by atoms with E-state index in [0.717, 1.165) is 12.1 Å². The Hall–Kier alpha value is -2.43. The Morgan fingerprint density at radius 3 is 2.30 bits per heavy atom. The Labute approximate surface area is 137 Å². The molecular formula is C18H24N4O. The van der Waals surface area contributed by atoms with Gasteiger partial charge in [-0.05, 0) is 29.5 Å². The summed E-state index contributed by atoms with van der Waals surface area (Å²) in [5.74, 6) is 0.418. The fraction of sp³-hybridized carbons (Fsp3) is 0.389. The number of aromatic nitrogens is 2. The van der Waals surface area contributed by atoms with Crippen molar-refractivity contribution in [3.63, 3.8) is 0 Å². The number of benzene rings is 1. The second-order valence-corrected chi connectivity index (χ2v) is 6.50. The lowest BCUT2D eigenvalue weighted by Gasteiger charge is -2.19. The normalized spacial score (nSPS) is 11.1. The van der Waals surface area contributed by atoms with E-state index in [-0.39, 0.29) is 11.3 Å². The number of hydrogen-bond acceptors (Lipinski definition) is 4. The lowest BCUT2D eigenvalue weighted by atomic mass is 9.87. The highest BCUT2D eigenvalue weighted by Gasteiger charge is 2.13. The summed E-state index contributed by atoms with van der Waals surface area (Å²) in [6, 6.07) is 8.24. The molecule has 0 fully saturated rings. The number of carbonyl (C=O) groups excluding carboxylic acids is 1. The maximum atomic E-state index is 11.8. The van der Waals surface area contributed by atoms with E-state index in [9.17, 15) is 4.79 Å². The molecule has 5 heteroatoms.